The van der Waals surface area contributed by atoms with Crippen LogP contribution in [0.5, 0.6) is 0 Å². The van der Waals surface area contributed by atoms with E-state index < -0.39 is 28.9 Å². The Bertz CT molecular complexity index is 478. The Morgan fingerprint density at radius 3 is 2.59 bits per heavy atom. The summed E-state index contributed by atoms with van der Waals surface area (Å²) in [7, 11) is 0. The van der Waals surface area contributed by atoms with Crippen LogP contribution in [0.3, 0.4) is 0 Å². The number of rotatable bonds is 4. The minimum absolute atomic E-state index is 0.173. The van der Waals surface area contributed by atoms with Crippen LogP contribution in [-0.2, 0) is 11.2 Å². The standard InChI is InChI=1S/C9H6ClF2NO4/c10-6-2-1-5(3-7(6)13(16)17)4-9(11,12)8(14)15/h1-3H,4H2,(H,14,15). The fraction of sp³-hybridized carbons (Fsp3) is 0.222. The van der Waals surface area contributed by atoms with Gasteiger partial charge in [0.15, 0.2) is 0 Å². The van der Waals surface area contributed by atoms with Crippen LogP contribution in [0.2, 0.25) is 5.02 Å². The van der Waals surface area contributed by atoms with Crippen molar-refractivity contribution < 1.29 is 23.6 Å². The Morgan fingerprint density at radius 2 is 2.12 bits per heavy atom. The fourth-order valence-corrected chi connectivity index (χ4v) is 1.33. The van der Waals surface area contributed by atoms with Crippen molar-refractivity contribution in [2.45, 2.75) is 12.3 Å². The molecule has 0 saturated heterocycles. The van der Waals surface area contributed by atoms with Crippen LogP contribution >= 0.6 is 11.6 Å². The summed E-state index contributed by atoms with van der Waals surface area (Å²) in [5.41, 5.74) is -0.709. The third-order valence-electron chi connectivity index (χ3n) is 1.95. The van der Waals surface area contributed by atoms with E-state index in [2.05, 4.69) is 0 Å². The van der Waals surface area contributed by atoms with Crippen molar-refractivity contribution in [2.75, 3.05) is 0 Å². The molecule has 1 N–H and O–H groups in total. The molecular weight excluding hydrogens is 260 g/mol. The lowest BCUT2D eigenvalue weighted by Crippen LogP contribution is -2.30. The van der Waals surface area contributed by atoms with Gasteiger partial charge in [-0.3, -0.25) is 10.1 Å². The third kappa shape index (κ3) is 3.10. The molecule has 0 amide bonds. The average molecular weight is 266 g/mol. The van der Waals surface area contributed by atoms with Crippen LogP contribution in [-0.4, -0.2) is 21.9 Å². The van der Waals surface area contributed by atoms with E-state index in [-0.39, 0.29) is 10.6 Å². The van der Waals surface area contributed by atoms with Crippen molar-refractivity contribution in [3.8, 4) is 0 Å². The zero-order chi connectivity index (χ0) is 13.2. The second-order valence-electron chi connectivity index (χ2n) is 3.23. The number of nitrogens with zero attached hydrogens (tertiary/aromatic N) is 1. The smallest absolute Gasteiger partial charge is 0.374 e. The predicted octanol–water partition coefficient (Wildman–Crippen LogP) is 2.51. The Morgan fingerprint density at radius 1 is 1.53 bits per heavy atom. The molecule has 0 heterocycles. The van der Waals surface area contributed by atoms with Crippen molar-refractivity contribution in [1.82, 2.24) is 0 Å². The first-order valence-corrected chi connectivity index (χ1v) is 4.66. The molecule has 0 aliphatic carbocycles. The molecule has 0 aliphatic heterocycles. The highest BCUT2D eigenvalue weighted by Crippen LogP contribution is 2.28. The number of alkyl halides is 2. The van der Waals surface area contributed by atoms with Crippen LogP contribution in [0.15, 0.2) is 18.2 Å². The molecule has 92 valence electrons. The van der Waals surface area contributed by atoms with Gasteiger partial charge in [-0.05, 0) is 11.6 Å². The number of halogens is 3. The minimum atomic E-state index is -3.97. The topological polar surface area (TPSA) is 80.4 Å². The van der Waals surface area contributed by atoms with Gasteiger partial charge in [-0.1, -0.05) is 17.7 Å². The molecule has 0 spiro atoms. The van der Waals surface area contributed by atoms with Gasteiger partial charge in [-0.15, -0.1) is 0 Å². The predicted molar refractivity (Wildman–Crippen MR) is 54.4 cm³/mol. The third-order valence-corrected chi connectivity index (χ3v) is 2.27. The van der Waals surface area contributed by atoms with Crippen molar-refractivity contribution in [3.63, 3.8) is 0 Å². The number of hydrogen-bond donors (Lipinski definition) is 1. The van der Waals surface area contributed by atoms with Gasteiger partial charge in [0.25, 0.3) is 5.69 Å². The summed E-state index contributed by atoms with van der Waals surface area (Å²) in [5, 5.41) is 18.5. The Balaban J connectivity index is 3.05. The van der Waals surface area contributed by atoms with Crippen LogP contribution in [0, 0.1) is 10.1 Å². The first kappa shape index (κ1) is 13.3. The van der Waals surface area contributed by atoms with Crippen molar-refractivity contribution in [1.29, 1.82) is 0 Å². The molecule has 0 aromatic heterocycles. The normalized spacial score (nSPS) is 11.2. The maximum absolute atomic E-state index is 12.9. The summed E-state index contributed by atoms with van der Waals surface area (Å²) >= 11 is 5.48. The van der Waals surface area contributed by atoms with E-state index in [0.717, 1.165) is 18.2 Å². The highest BCUT2D eigenvalue weighted by molar-refractivity contribution is 6.32. The van der Waals surface area contributed by atoms with Gasteiger partial charge in [0.1, 0.15) is 5.02 Å². The molecule has 8 heteroatoms. The monoisotopic (exact) mass is 265 g/mol. The van der Waals surface area contributed by atoms with E-state index in [1.807, 2.05) is 0 Å². The highest BCUT2D eigenvalue weighted by Gasteiger charge is 2.39. The second kappa shape index (κ2) is 4.62. The lowest BCUT2D eigenvalue weighted by molar-refractivity contribution is -0.384. The van der Waals surface area contributed by atoms with Gasteiger partial charge in [-0.25, -0.2) is 4.79 Å². The molecule has 0 atom stereocenters. The molecule has 1 aromatic carbocycles. The molecule has 0 unspecified atom stereocenters. The first-order chi connectivity index (χ1) is 7.74. The lowest BCUT2D eigenvalue weighted by atomic mass is 10.1. The second-order valence-corrected chi connectivity index (χ2v) is 3.64. The molecule has 5 nitrogen and oxygen atoms in total. The van der Waals surface area contributed by atoms with Crippen LogP contribution < -0.4 is 0 Å². The number of aliphatic carboxylic acids is 1. The van der Waals surface area contributed by atoms with Crippen molar-refractivity contribution in [3.05, 3.63) is 38.9 Å². The maximum Gasteiger partial charge on any atom is 0.374 e. The fourth-order valence-electron chi connectivity index (χ4n) is 1.14. The van der Waals surface area contributed by atoms with E-state index >= 15 is 0 Å². The zero-order valence-corrected chi connectivity index (χ0v) is 8.95. The van der Waals surface area contributed by atoms with E-state index in [0.29, 0.717) is 0 Å². The van der Waals surface area contributed by atoms with Gasteiger partial charge >= 0.3 is 11.9 Å². The summed E-state index contributed by atoms with van der Waals surface area (Å²) in [6.07, 6.45) is -1.12. The molecule has 1 aromatic rings. The number of nitro benzene ring substituents is 1. The molecule has 0 radical (unpaired) electrons. The summed E-state index contributed by atoms with van der Waals surface area (Å²) in [4.78, 5) is 19.9. The molecule has 0 fully saturated rings. The Hall–Kier alpha value is -1.76. The molecule has 1 rings (SSSR count). The largest absolute Gasteiger partial charge is 0.477 e. The number of nitro groups is 1. The number of carboxylic acid groups (broad SMARTS) is 1. The molecular formula is C9H6ClF2NO4. The van der Waals surface area contributed by atoms with E-state index in [9.17, 15) is 23.7 Å². The highest BCUT2D eigenvalue weighted by atomic mass is 35.5. The van der Waals surface area contributed by atoms with E-state index in [1.165, 1.54) is 0 Å². The summed E-state index contributed by atoms with van der Waals surface area (Å²) in [5.74, 6) is -6.25. The van der Waals surface area contributed by atoms with E-state index in [4.69, 9.17) is 16.7 Å². The quantitative estimate of drug-likeness (QED) is 0.670. The van der Waals surface area contributed by atoms with Gasteiger partial charge in [0, 0.05) is 12.5 Å². The Kier molecular flexibility index (Phi) is 3.62. The zero-order valence-electron chi connectivity index (χ0n) is 8.19. The van der Waals surface area contributed by atoms with Crippen LogP contribution in [0.4, 0.5) is 14.5 Å². The summed E-state index contributed by atoms with van der Waals surface area (Å²) < 4.78 is 25.7. The minimum Gasteiger partial charge on any atom is -0.477 e. The van der Waals surface area contributed by atoms with Gasteiger partial charge in [-0.2, -0.15) is 8.78 Å². The first-order valence-electron chi connectivity index (χ1n) is 4.28. The number of carboxylic acids is 1. The maximum atomic E-state index is 12.9. The van der Waals surface area contributed by atoms with Gasteiger partial charge < -0.3 is 5.11 Å². The van der Waals surface area contributed by atoms with Crippen LogP contribution in [0.1, 0.15) is 5.56 Å². The van der Waals surface area contributed by atoms with Gasteiger partial charge in [0.05, 0.1) is 4.92 Å². The van der Waals surface area contributed by atoms with Crippen molar-refractivity contribution >= 4 is 23.3 Å². The molecule has 0 aliphatic rings. The van der Waals surface area contributed by atoms with E-state index in [1.54, 1.807) is 0 Å². The molecule has 0 saturated carbocycles. The SMILES string of the molecule is O=C(O)C(F)(F)Cc1ccc(Cl)c([N+](=O)[O-])c1. The van der Waals surface area contributed by atoms with Gasteiger partial charge in [0.2, 0.25) is 0 Å². The molecule has 0 bridgehead atoms. The number of carbonyl (C=O) groups is 1. The summed E-state index contributed by atoms with van der Waals surface area (Å²) in [6, 6.07) is 3.03. The van der Waals surface area contributed by atoms with Crippen LogP contribution in [0.25, 0.3) is 0 Å². The summed E-state index contributed by atoms with van der Waals surface area (Å²) in [6.45, 7) is 0. The number of hydrogen-bond acceptors (Lipinski definition) is 3. The Labute approximate surface area is 98.8 Å². The molecule has 17 heavy (non-hydrogen) atoms. The lowest BCUT2D eigenvalue weighted by Gasteiger charge is -2.10. The number of benzene rings is 1. The van der Waals surface area contributed by atoms with Crippen molar-refractivity contribution in [2.24, 2.45) is 0 Å². The average Bonchev–Trinajstić information content (AvgIpc) is 2.20.